The van der Waals surface area contributed by atoms with Gasteiger partial charge in [-0.1, -0.05) is 0 Å². The van der Waals surface area contributed by atoms with Crippen LogP contribution in [0.1, 0.15) is 29.6 Å². The lowest BCUT2D eigenvalue weighted by atomic mass is 10.1. The van der Waals surface area contributed by atoms with Crippen molar-refractivity contribution in [3.8, 4) is 6.07 Å². The average Bonchev–Trinajstić information content (AvgIpc) is 3.05. The van der Waals surface area contributed by atoms with E-state index >= 15 is 0 Å². The molecule has 7 heteroatoms. The number of nitriles is 1. The third kappa shape index (κ3) is 3.10. The number of anilines is 1. The molecule has 1 aliphatic rings. The van der Waals surface area contributed by atoms with E-state index in [1.165, 1.54) is 0 Å². The van der Waals surface area contributed by atoms with Crippen LogP contribution in [0.25, 0.3) is 0 Å². The third-order valence-electron chi connectivity index (χ3n) is 4.73. The van der Waals surface area contributed by atoms with Crippen LogP contribution >= 0.6 is 0 Å². The quantitative estimate of drug-likeness (QED) is 0.848. The molecule has 1 saturated heterocycles. The molecule has 24 heavy (non-hydrogen) atoms. The normalized spacial score (nSPS) is 15.5. The second-order valence-electron chi connectivity index (χ2n) is 6.11. The summed E-state index contributed by atoms with van der Waals surface area (Å²) in [4.78, 5) is 9.01. The zero-order valence-electron chi connectivity index (χ0n) is 14.5. The van der Waals surface area contributed by atoms with Gasteiger partial charge in [0.05, 0.1) is 12.2 Å². The summed E-state index contributed by atoms with van der Waals surface area (Å²) < 4.78 is 2.18. The largest absolute Gasteiger partial charge is 0.351 e. The van der Waals surface area contributed by atoms with Crippen LogP contribution in [-0.4, -0.2) is 50.8 Å². The molecule has 7 nitrogen and oxygen atoms in total. The van der Waals surface area contributed by atoms with Gasteiger partial charge in [0.2, 0.25) is 0 Å². The molecule has 0 aromatic carbocycles. The van der Waals surface area contributed by atoms with E-state index in [0.717, 1.165) is 62.2 Å². The Morgan fingerprint density at radius 1 is 1.17 bits per heavy atom. The van der Waals surface area contributed by atoms with Crippen molar-refractivity contribution in [2.24, 2.45) is 0 Å². The number of imidazole rings is 1. The van der Waals surface area contributed by atoms with Crippen LogP contribution in [0.15, 0.2) is 12.4 Å². The molecular weight excluding hydrogens is 302 g/mol. The highest BCUT2D eigenvalue weighted by molar-refractivity contribution is 5.57. The molecule has 2 aromatic heterocycles. The fourth-order valence-electron chi connectivity index (χ4n) is 3.05. The molecule has 3 rings (SSSR count). The summed E-state index contributed by atoms with van der Waals surface area (Å²) in [6.07, 6.45) is 3.88. The van der Waals surface area contributed by atoms with Gasteiger partial charge in [0, 0.05) is 45.1 Å². The van der Waals surface area contributed by atoms with Crippen molar-refractivity contribution in [2.75, 3.05) is 31.1 Å². The van der Waals surface area contributed by atoms with Crippen LogP contribution in [0.5, 0.6) is 0 Å². The van der Waals surface area contributed by atoms with E-state index in [4.69, 9.17) is 0 Å². The van der Waals surface area contributed by atoms with Gasteiger partial charge in [-0.2, -0.15) is 10.4 Å². The minimum Gasteiger partial charge on any atom is -0.351 e. The maximum absolute atomic E-state index is 9.47. The first-order valence-corrected chi connectivity index (χ1v) is 8.35. The molecule has 126 valence electrons. The molecule has 0 bridgehead atoms. The summed E-state index contributed by atoms with van der Waals surface area (Å²) in [6, 6.07) is 2.29. The van der Waals surface area contributed by atoms with Crippen LogP contribution in [0.4, 0.5) is 5.82 Å². The minimum absolute atomic E-state index is 0.650. The number of hydrogen-bond donors (Lipinski definition) is 0. The summed E-state index contributed by atoms with van der Waals surface area (Å²) >= 11 is 0. The maximum atomic E-state index is 9.47. The lowest BCUT2D eigenvalue weighted by Crippen LogP contribution is -2.47. The topological polar surface area (TPSA) is 73.9 Å². The Balaban J connectivity index is 1.68. The van der Waals surface area contributed by atoms with E-state index in [0.29, 0.717) is 5.56 Å². The summed E-state index contributed by atoms with van der Waals surface area (Å²) in [7, 11) is 0. The molecule has 0 unspecified atom stereocenters. The summed E-state index contributed by atoms with van der Waals surface area (Å²) in [5, 5.41) is 17.9. The van der Waals surface area contributed by atoms with Crippen LogP contribution in [0, 0.1) is 25.2 Å². The van der Waals surface area contributed by atoms with Crippen molar-refractivity contribution >= 4 is 5.82 Å². The third-order valence-corrected chi connectivity index (χ3v) is 4.73. The molecule has 2 aromatic rings. The van der Waals surface area contributed by atoms with Gasteiger partial charge in [-0.3, -0.25) is 4.90 Å². The standard InChI is InChI=1S/C17H23N7/c1-4-23-6-5-19-16(23)12-22-7-9-24(10-8-22)17-15(11-18)13(2)14(3)20-21-17/h5-6H,4,7-10,12H2,1-3H3. The van der Waals surface area contributed by atoms with Gasteiger partial charge in [-0.15, -0.1) is 5.10 Å². The van der Waals surface area contributed by atoms with Gasteiger partial charge < -0.3 is 9.47 Å². The van der Waals surface area contributed by atoms with Crippen molar-refractivity contribution in [1.82, 2.24) is 24.6 Å². The SMILES string of the molecule is CCn1ccnc1CN1CCN(c2nnc(C)c(C)c2C#N)CC1. The first-order chi connectivity index (χ1) is 11.6. The monoisotopic (exact) mass is 325 g/mol. The van der Waals surface area contributed by atoms with Crippen LogP contribution in [0.2, 0.25) is 0 Å². The summed E-state index contributed by atoms with van der Waals surface area (Å²) in [5.74, 6) is 1.82. The molecule has 0 amide bonds. The van der Waals surface area contributed by atoms with Crippen molar-refractivity contribution in [3.05, 3.63) is 35.0 Å². The number of aromatic nitrogens is 4. The van der Waals surface area contributed by atoms with Gasteiger partial charge >= 0.3 is 0 Å². The van der Waals surface area contributed by atoms with E-state index in [1.54, 1.807) is 0 Å². The first kappa shape index (κ1) is 16.4. The molecule has 0 N–H and O–H groups in total. The predicted octanol–water partition coefficient (Wildman–Crippen LogP) is 1.50. The van der Waals surface area contributed by atoms with Crippen molar-refractivity contribution in [1.29, 1.82) is 5.26 Å². The highest BCUT2D eigenvalue weighted by Crippen LogP contribution is 2.22. The van der Waals surface area contributed by atoms with E-state index in [2.05, 4.69) is 42.5 Å². The molecular formula is C17H23N7. The lowest BCUT2D eigenvalue weighted by Gasteiger charge is -2.35. The van der Waals surface area contributed by atoms with Crippen molar-refractivity contribution in [3.63, 3.8) is 0 Å². The smallest absolute Gasteiger partial charge is 0.169 e. The Morgan fingerprint density at radius 2 is 1.92 bits per heavy atom. The highest BCUT2D eigenvalue weighted by Gasteiger charge is 2.23. The molecule has 0 saturated carbocycles. The highest BCUT2D eigenvalue weighted by atomic mass is 15.3. The molecule has 1 aliphatic heterocycles. The van der Waals surface area contributed by atoms with Crippen LogP contribution in [0.3, 0.4) is 0 Å². The molecule has 0 radical (unpaired) electrons. The molecule has 0 atom stereocenters. The van der Waals surface area contributed by atoms with Gasteiger partial charge in [0.1, 0.15) is 17.5 Å². The van der Waals surface area contributed by atoms with Crippen molar-refractivity contribution in [2.45, 2.75) is 33.9 Å². The number of piperazine rings is 1. The average molecular weight is 325 g/mol. The first-order valence-electron chi connectivity index (χ1n) is 8.35. The molecule has 1 fully saturated rings. The fourth-order valence-corrected chi connectivity index (χ4v) is 3.05. The van der Waals surface area contributed by atoms with Crippen molar-refractivity contribution < 1.29 is 0 Å². The van der Waals surface area contributed by atoms with E-state index < -0.39 is 0 Å². The second kappa shape index (κ2) is 6.97. The van der Waals surface area contributed by atoms with Crippen LogP contribution < -0.4 is 4.90 Å². The van der Waals surface area contributed by atoms with Gasteiger partial charge in [0.25, 0.3) is 0 Å². The summed E-state index contributed by atoms with van der Waals surface area (Å²) in [6.45, 7) is 11.3. The lowest BCUT2D eigenvalue weighted by molar-refractivity contribution is 0.240. The zero-order valence-corrected chi connectivity index (χ0v) is 14.5. The second-order valence-corrected chi connectivity index (χ2v) is 6.11. The Bertz CT molecular complexity index is 751. The van der Waals surface area contributed by atoms with Gasteiger partial charge in [0.15, 0.2) is 5.82 Å². The molecule has 0 spiro atoms. The van der Waals surface area contributed by atoms with E-state index in [9.17, 15) is 5.26 Å². The number of rotatable bonds is 4. The van der Waals surface area contributed by atoms with Gasteiger partial charge in [-0.05, 0) is 26.3 Å². The number of aryl methyl sites for hydroxylation is 2. The van der Waals surface area contributed by atoms with E-state index in [1.807, 2.05) is 26.2 Å². The maximum Gasteiger partial charge on any atom is 0.169 e. The fraction of sp³-hybridized carbons (Fsp3) is 0.529. The van der Waals surface area contributed by atoms with E-state index in [-0.39, 0.29) is 0 Å². The zero-order chi connectivity index (χ0) is 17.1. The summed E-state index contributed by atoms with van der Waals surface area (Å²) in [5.41, 5.74) is 2.40. The molecule has 3 heterocycles. The molecule has 0 aliphatic carbocycles. The number of nitrogens with zero attached hydrogens (tertiary/aromatic N) is 7. The van der Waals surface area contributed by atoms with Crippen LogP contribution in [-0.2, 0) is 13.1 Å². The Labute approximate surface area is 142 Å². The minimum atomic E-state index is 0.650. The Kier molecular flexibility index (Phi) is 4.76. The number of hydrogen-bond acceptors (Lipinski definition) is 6. The van der Waals surface area contributed by atoms with Gasteiger partial charge in [-0.25, -0.2) is 4.98 Å². The Morgan fingerprint density at radius 3 is 2.58 bits per heavy atom. The Hall–Kier alpha value is -2.46. The predicted molar refractivity (Wildman–Crippen MR) is 91.6 cm³/mol.